The van der Waals surface area contributed by atoms with Crippen molar-refractivity contribution in [2.75, 3.05) is 27.1 Å². The van der Waals surface area contributed by atoms with E-state index < -0.39 is 17.8 Å². The van der Waals surface area contributed by atoms with Gasteiger partial charge in [-0.3, -0.25) is 14.6 Å². The second-order valence-electron chi connectivity index (χ2n) is 8.78. The van der Waals surface area contributed by atoms with E-state index in [9.17, 15) is 9.59 Å². The maximum absolute atomic E-state index is 13.6. The highest BCUT2D eigenvalue weighted by atomic mass is 16.7. The lowest BCUT2D eigenvalue weighted by Gasteiger charge is -2.36. The molecule has 0 N–H and O–H groups in total. The van der Waals surface area contributed by atoms with Crippen LogP contribution in [0.4, 0.5) is 0 Å². The molecule has 0 saturated heterocycles. The third-order valence-electron chi connectivity index (χ3n) is 6.70. The summed E-state index contributed by atoms with van der Waals surface area (Å²) in [6.07, 6.45) is 1.03. The summed E-state index contributed by atoms with van der Waals surface area (Å²) in [6, 6.07) is 15.6. The van der Waals surface area contributed by atoms with Crippen LogP contribution in [0.2, 0.25) is 0 Å². The third kappa shape index (κ3) is 4.12. The molecular formula is C27H27NO6. The molecule has 2 aliphatic heterocycles. The molecule has 3 atom stereocenters. The minimum Gasteiger partial charge on any atom is -0.463 e. The van der Waals surface area contributed by atoms with Gasteiger partial charge in [0.2, 0.25) is 6.79 Å². The Labute approximate surface area is 198 Å². The number of aliphatic imine (C=N–C) groups is 1. The first-order valence-electron chi connectivity index (χ1n) is 11.5. The largest absolute Gasteiger partial charge is 0.463 e. The lowest BCUT2D eigenvalue weighted by atomic mass is 9.69. The number of ether oxygens (including phenoxy) is 4. The Morgan fingerprint density at radius 3 is 2.62 bits per heavy atom. The summed E-state index contributed by atoms with van der Waals surface area (Å²) in [5.74, 6) is -0.274. The van der Waals surface area contributed by atoms with E-state index in [4.69, 9.17) is 23.9 Å². The van der Waals surface area contributed by atoms with E-state index in [-0.39, 0.29) is 25.1 Å². The van der Waals surface area contributed by atoms with Crippen molar-refractivity contribution in [1.29, 1.82) is 0 Å². The normalized spacial score (nSPS) is 23.4. The Balaban J connectivity index is 1.56. The van der Waals surface area contributed by atoms with E-state index in [1.54, 1.807) is 7.11 Å². The topological polar surface area (TPSA) is 83.4 Å². The Bertz CT molecular complexity index is 1170. The number of carbonyl (C=O) groups is 2. The molecule has 2 aromatic carbocycles. The molecule has 0 saturated carbocycles. The van der Waals surface area contributed by atoms with Gasteiger partial charge in [0, 0.05) is 36.4 Å². The average molecular weight is 462 g/mol. The van der Waals surface area contributed by atoms with Gasteiger partial charge in [-0.2, -0.15) is 0 Å². The molecule has 3 aliphatic rings. The number of hydrogen-bond acceptors (Lipinski definition) is 7. The highest BCUT2D eigenvalue weighted by Gasteiger charge is 2.45. The standard InChI is InChI=1S/C27H27NO6/c1-16-24(27(30)32-11-10-31-2)25(18-8-9-22-23(14-18)34-15-33-22)26-20(28-16)12-19(13-21(26)29)17-6-4-3-5-7-17/h3-9,14,19,24-25H,10-13,15H2,1-2H3/t19-,24?,25+/m0/s1. The molecule has 0 radical (unpaired) electrons. The number of rotatable bonds is 6. The van der Waals surface area contributed by atoms with Gasteiger partial charge in [0.15, 0.2) is 17.3 Å². The second-order valence-corrected chi connectivity index (χ2v) is 8.78. The zero-order valence-electron chi connectivity index (χ0n) is 19.3. The summed E-state index contributed by atoms with van der Waals surface area (Å²) in [5, 5.41) is 0. The van der Waals surface area contributed by atoms with Gasteiger partial charge in [-0.1, -0.05) is 36.4 Å². The van der Waals surface area contributed by atoms with Gasteiger partial charge in [-0.15, -0.1) is 0 Å². The minimum absolute atomic E-state index is 0.0173. The molecule has 176 valence electrons. The van der Waals surface area contributed by atoms with Gasteiger partial charge in [0.25, 0.3) is 0 Å². The first-order valence-corrected chi connectivity index (χ1v) is 11.5. The Hall–Kier alpha value is -3.45. The van der Waals surface area contributed by atoms with Crippen LogP contribution in [0.1, 0.15) is 42.7 Å². The fourth-order valence-corrected chi connectivity index (χ4v) is 5.11. The molecular weight excluding hydrogens is 434 g/mol. The van der Waals surface area contributed by atoms with E-state index in [1.807, 2.05) is 55.5 Å². The maximum atomic E-state index is 13.6. The SMILES string of the molecule is COCCOC(=O)C1C(C)=NC2=C(C(=O)C[C@@H](c3ccccc3)C2)[C@@H]1c1ccc2c(c1)OCO2. The van der Waals surface area contributed by atoms with Crippen LogP contribution in [0.5, 0.6) is 11.5 Å². The maximum Gasteiger partial charge on any atom is 0.315 e. The number of hydrogen-bond donors (Lipinski definition) is 0. The van der Waals surface area contributed by atoms with Crippen molar-refractivity contribution in [3.05, 3.63) is 70.9 Å². The van der Waals surface area contributed by atoms with Crippen LogP contribution in [-0.2, 0) is 19.1 Å². The predicted octanol–water partition coefficient (Wildman–Crippen LogP) is 4.18. The van der Waals surface area contributed by atoms with E-state index >= 15 is 0 Å². The molecule has 0 fully saturated rings. The minimum atomic E-state index is -0.701. The number of esters is 1. The highest BCUT2D eigenvalue weighted by molar-refractivity contribution is 6.09. The van der Waals surface area contributed by atoms with Crippen LogP contribution in [0, 0.1) is 5.92 Å². The van der Waals surface area contributed by atoms with Crippen LogP contribution >= 0.6 is 0 Å². The van der Waals surface area contributed by atoms with Crippen LogP contribution in [0.3, 0.4) is 0 Å². The molecule has 34 heavy (non-hydrogen) atoms. The van der Waals surface area contributed by atoms with E-state index in [0.717, 1.165) is 16.8 Å². The van der Waals surface area contributed by atoms with E-state index in [2.05, 4.69) is 0 Å². The molecule has 0 spiro atoms. The van der Waals surface area contributed by atoms with Gasteiger partial charge >= 0.3 is 5.97 Å². The van der Waals surface area contributed by atoms with Crippen molar-refractivity contribution in [2.24, 2.45) is 10.9 Å². The molecule has 0 bridgehead atoms. The fraction of sp³-hybridized carbons (Fsp3) is 0.370. The number of Topliss-reactive ketones (excluding diaryl/α,β-unsaturated/α-hetero) is 1. The monoisotopic (exact) mass is 461 g/mol. The zero-order chi connectivity index (χ0) is 23.7. The lowest BCUT2D eigenvalue weighted by Crippen LogP contribution is -2.38. The van der Waals surface area contributed by atoms with Crippen LogP contribution in [0.15, 0.2) is 64.8 Å². The second kappa shape index (κ2) is 9.43. The van der Waals surface area contributed by atoms with Crippen molar-refractivity contribution < 1.29 is 28.5 Å². The zero-order valence-corrected chi connectivity index (χ0v) is 19.3. The summed E-state index contributed by atoms with van der Waals surface area (Å²) in [7, 11) is 1.55. The first-order chi connectivity index (χ1) is 16.6. The van der Waals surface area contributed by atoms with Gasteiger partial charge in [0.05, 0.1) is 6.61 Å². The molecule has 0 aromatic heterocycles. The summed E-state index contributed by atoms with van der Waals surface area (Å²) < 4.78 is 21.6. The molecule has 1 aliphatic carbocycles. The summed E-state index contributed by atoms with van der Waals surface area (Å²) in [6.45, 7) is 2.43. The average Bonchev–Trinajstić information content (AvgIpc) is 3.31. The summed E-state index contributed by atoms with van der Waals surface area (Å²) in [5.41, 5.74) is 3.93. The highest BCUT2D eigenvalue weighted by Crippen LogP contribution is 2.48. The molecule has 5 rings (SSSR count). The van der Waals surface area contributed by atoms with Crippen molar-refractivity contribution in [3.8, 4) is 11.5 Å². The van der Waals surface area contributed by atoms with Gasteiger partial charge < -0.3 is 18.9 Å². The summed E-state index contributed by atoms with van der Waals surface area (Å²) >= 11 is 0. The Morgan fingerprint density at radius 1 is 1.03 bits per heavy atom. The van der Waals surface area contributed by atoms with Crippen LogP contribution in [0.25, 0.3) is 0 Å². The number of benzene rings is 2. The number of allylic oxidation sites excluding steroid dienone is 2. The van der Waals surface area contributed by atoms with Gasteiger partial charge in [0.1, 0.15) is 12.5 Å². The predicted molar refractivity (Wildman–Crippen MR) is 125 cm³/mol. The van der Waals surface area contributed by atoms with Crippen molar-refractivity contribution in [3.63, 3.8) is 0 Å². The van der Waals surface area contributed by atoms with E-state index in [1.165, 1.54) is 0 Å². The summed E-state index contributed by atoms with van der Waals surface area (Å²) in [4.78, 5) is 31.6. The van der Waals surface area contributed by atoms with Gasteiger partial charge in [-0.25, -0.2) is 0 Å². The quantitative estimate of drug-likeness (QED) is 0.474. The molecule has 1 unspecified atom stereocenters. The number of carbonyl (C=O) groups excluding carboxylic acids is 2. The van der Waals surface area contributed by atoms with Crippen LogP contribution < -0.4 is 9.47 Å². The van der Waals surface area contributed by atoms with Crippen molar-refractivity contribution in [2.45, 2.75) is 31.6 Å². The molecule has 0 amide bonds. The smallest absolute Gasteiger partial charge is 0.315 e. The molecule has 2 heterocycles. The fourth-order valence-electron chi connectivity index (χ4n) is 5.11. The van der Waals surface area contributed by atoms with Crippen LogP contribution in [-0.4, -0.2) is 44.6 Å². The molecule has 2 aromatic rings. The number of methoxy groups -OCH3 is 1. The molecule has 7 heteroatoms. The number of fused-ring (bicyclic) bond motifs is 1. The number of nitrogens with zero attached hydrogens (tertiary/aromatic N) is 1. The first kappa shape index (κ1) is 22.3. The van der Waals surface area contributed by atoms with Crippen molar-refractivity contribution >= 4 is 17.5 Å². The Morgan fingerprint density at radius 2 is 1.82 bits per heavy atom. The third-order valence-corrected chi connectivity index (χ3v) is 6.70. The lowest BCUT2D eigenvalue weighted by molar-refractivity contribution is -0.147. The van der Waals surface area contributed by atoms with E-state index in [0.29, 0.717) is 42.2 Å². The van der Waals surface area contributed by atoms with Crippen molar-refractivity contribution in [1.82, 2.24) is 0 Å². The number of ketones is 1. The van der Waals surface area contributed by atoms with Gasteiger partial charge in [-0.05, 0) is 42.5 Å². The Kier molecular flexibility index (Phi) is 6.20. The molecule has 7 nitrogen and oxygen atoms in total.